The normalized spacial score (nSPS) is 15.0. The van der Waals surface area contributed by atoms with E-state index in [0.717, 1.165) is 50.9 Å². The van der Waals surface area contributed by atoms with Crippen molar-refractivity contribution in [3.63, 3.8) is 0 Å². The Balaban J connectivity index is 0.00000182. The van der Waals surface area contributed by atoms with Gasteiger partial charge in [0.2, 0.25) is 0 Å². The molecule has 2 N–H and O–H groups in total. The molecule has 0 amide bonds. The maximum atomic E-state index is 12.8. The zero-order valence-electron chi connectivity index (χ0n) is 14.8. The maximum Gasteiger partial charge on any atom is 0.416 e. The fourth-order valence-corrected chi connectivity index (χ4v) is 3.08. The van der Waals surface area contributed by atoms with Gasteiger partial charge in [0.1, 0.15) is 0 Å². The molecule has 8 heteroatoms. The Labute approximate surface area is 170 Å². The van der Waals surface area contributed by atoms with Gasteiger partial charge in [0.15, 0.2) is 0 Å². The number of benzene rings is 2. The first-order valence-corrected chi connectivity index (χ1v) is 8.41. The largest absolute Gasteiger partial charge is 0.416 e. The average molecular weight is 422 g/mol. The number of hydrogen-bond acceptors (Lipinski definition) is 3. The van der Waals surface area contributed by atoms with Crippen LogP contribution < -0.4 is 10.6 Å². The van der Waals surface area contributed by atoms with Gasteiger partial charge in [-0.3, -0.25) is 4.90 Å². The third-order valence-corrected chi connectivity index (χ3v) is 4.61. The van der Waals surface area contributed by atoms with Crippen LogP contribution in [0.25, 0.3) is 0 Å². The zero-order chi connectivity index (χ0) is 17.9. The molecule has 3 rings (SSSR count). The number of alkyl halides is 3. The molecule has 1 heterocycles. The van der Waals surface area contributed by atoms with Gasteiger partial charge in [-0.05, 0) is 42.3 Å². The Bertz CT molecular complexity index is 700. The molecule has 0 atom stereocenters. The summed E-state index contributed by atoms with van der Waals surface area (Å²) in [6.45, 7) is 4.13. The van der Waals surface area contributed by atoms with Crippen molar-refractivity contribution in [3.8, 4) is 0 Å². The fourth-order valence-electron chi connectivity index (χ4n) is 3.08. The summed E-state index contributed by atoms with van der Waals surface area (Å²) in [6.07, 6.45) is -3.35. The molecule has 150 valence electrons. The van der Waals surface area contributed by atoms with Crippen LogP contribution in [0.2, 0.25) is 0 Å². The second-order valence-electron chi connectivity index (χ2n) is 6.37. The second-order valence-corrected chi connectivity index (χ2v) is 6.37. The molecule has 1 fully saturated rings. The van der Waals surface area contributed by atoms with E-state index >= 15 is 0 Å². The van der Waals surface area contributed by atoms with Crippen molar-refractivity contribution in [2.24, 2.45) is 0 Å². The average Bonchev–Trinajstić information content (AvgIpc) is 2.61. The van der Waals surface area contributed by atoms with Crippen LogP contribution in [0.1, 0.15) is 11.1 Å². The number of rotatable bonds is 4. The van der Waals surface area contributed by atoms with Crippen molar-refractivity contribution in [3.05, 3.63) is 59.7 Å². The van der Waals surface area contributed by atoms with Crippen molar-refractivity contribution in [2.45, 2.75) is 12.6 Å². The lowest BCUT2D eigenvalue weighted by Gasteiger charge is -2.36. The maximum absolute atomic E-state index is 12.8. The van der Waals surface area contributed by atoms with E-state index in [4.69, 9.17) is 5.73 Å². The second kappa shape index (κ2) is 10.1. The standard InChI is InChI=1S/C19H22F3N3.2ClH/c20-19(21,22)16-2-1-3-18(14-16)25-12-10-24(11-13-25)9-8-15-4-6-17(23)7-5-15;;/h1-7,14H,8-13,23H2;2*1H. The Morgan fingerprint density at radius 3 is 2.11 bits per heavy atom. The van der Waals surface area contributed by atoms with Gasteiger partial charge in [0, 0.05) is 44.1 Å². The molecule has 0 unspecified atom stereocenters. The highest BCUT2D eigenvalue weighted by molar-refractivity contribution is 5.85. The number of hydrogen-bond donors (Lipinski definition) is 1. The Kier molecular flexibility index (Phi) is 8.72. The molecule has 2 aromatic carbocycles. The Morgan fingerprint density at radius 2 is 1.52 bits per heavy atom. The van der Waals surface area contributed by atoms with Crippen LogP contribution in [0.15, 0.2) is 48.5 Å². The summed E-state index contributed by atoms with van der Waals surface area (Å²) in [7, 11) is 0. The molecule has 0 saturated carbocycles. The first-order valence-electron chi connectivity index (χ1n) is 8.41. The highest BCUT2D eigenvalue weighted by Gasteiger charge is 2.31. The number of piperazine rings is 1. The minimum atomic E-state index is -4.29. The summed E-state index contributed by atoms with van der Waals surface area (Å²) in [5.74, 6) is 0. The topological polar surface area (TPSA) is 32.5 Å². The highest BCUT2D eigenvalue weighted by Crippen LogP contribution is 2.31. The predicted octanol–water partition coefficient (Wildman–Crippen LogP) is 4.50. The molecule has 27 heavy (non-hydrogen) atoms. The quantitative estimate of drug-likeness (QED) is 0.737. The molecular weight excluding hydrogens is 398 g/mol. The molecule has 0 bridgehead atoms. The van der Waals surface area contributed by atoms with Crippen LogP contribution in [0.5, 0.6) is 0 Å². The monoisotopic (exact) mass is 421 g/mol. The molecule has 3 nitrogen and oxygen atoms in total. The first-order chi connectivity index (χ1) is 11.9. The van der Waals surface area contributed by atoms with E-state index in [1.54, 1.807) is 6.07 Å². The van der Waals surface area contributed by atoms with Gasteiger partial charge in [-0.1, -0.05) is 18.2 Å². The van der Waals surface area contributed by atoms with Crippen LogP contribution in [0.4, 0.5) is 24.5 Å². The van der Waals surface area contributed by atoms with Crippen LogP contribution in [-0.2, 0) is 12.6 Å². The van der Waals surface area contributed by atoms with Crippen LogP contribution in [0.3, 0.4) is 0 Å². The van der Waals surface area contributed by atoms with Crippen LogP contribution in [0, 0.1) is 0 Å². The van der Waals surface area contributed by atoms with Crippen molar-refractivity contribution in [2.75, 3.05) is 43.4 Å². The van der Waals surface area contributed by atoms with Crippen molar-refractivity contribution in [1.29, 1.82) is 0 Å². The van der Waals surface area contributed by atoms with Crippen molar-refractivity contribution >= 4 is 36.2 Å². The minimum absolute atomic E-state index is 0. The number of nitrogen functional groups attached to an aromatic ring is 1. The summed E-state index contributed by atoms with van der Waals surface area (Å²) in [5.41, 5.74) is 7.75. The Morgan fingerprint density at radius 1 is 0.889 bits per heavy atom. The van der Waals surface area contributed by atoms with E-state index in [0.29, 0.717) is 5.69 Å². The summed E-state index contributed by atoms with van der Waals surface area (Å²) < 4.78 is 38.5. The van der Waals surface area contributed by atoms with Gasteiger partial charge in [-0.15, -0.1) is 24.8 Å². The molecule has 1 aliphatic rings. The lowest BCUT2D eigenvalue weighted by atomic mass is 10.1. The lowest BCUT2D eigenvalue weighted by Crippen LogP contribution is -2.47. The third kappa shape index (κ3) is 6.48. The number of nitrogens with zero attached hydrogens (tertiary/aromatic N) is 2. The van der Waals surface area contributed by atoms with E-state index in [1.807, 2.05) is 29.2 Å². The van der Waals surface area contributed by atoms with Gasteiger partial charge in [-0.2, -0.15) is 13.2 Å². The highest BCUT2D eigenvalue weighted by atomic mass is 35.5. The number of halogens is 5. The van der Waals surface area contributed by atoms with E-state index < -0.39 is 11.7 Å². The smallest absolute Gasteiger partial charge is 0.399 e. The number of nitrogens with two attached hydrogens (primary N) is 1. The predicted molar refractivity (Wildman–Crippen MR) is 109 cm³/mol. The van der Waals surface area contributed by atoms with E-state index in [9.17, 15) is 13.2 Å². The summed E-state index contributed by atoms with van der Waals surface area (Å²) in [4.78, 5) is 4.37. The summed E-state index contributed by atoms with van der Waals surface area (Å²) in [5, 5.41) is 0. The van der Waals surface area contributed by atoms with Crippen molar-refractivity contribution < 1.29 is 13.2 Å². The number of anilines is 2. The summed E-state index contributed by atoms with van der Waals surface area (Å²) >= 11 is 0. The molecular formula is C19H24Cl2F3N3. The molecule has 0 radical (unpaired) electrons. The van der Waals surface area contributed by atoms with E-state index in [-0.39, 0.29) is 24.8 Å². The van der Waals surface area contributed by atoms with Gasteiger partial charge in [0.25, 0.3) is 0 Å². The molecule has 0 spiro atoms. The van der Waals surface area contributed by atoms with Crippen LogP contribution >= 0.6 is 24.8 Å². The Hall–Kier alpha value is -1.63. The van der Waals surface area contributed by atoms with Gasteiger partial charge in [0.05, 0.1) is 5.56 Å². The van der Waals surface area contributed by atoms with E-state index in [1.165, 1.54) is 17.7 Å². The SMILES string of the molecule is Cl.Cl.Nc1ccc(CCN2CCN(c3cccc(C(F)(F)F)c3)CC2)cc1. The molecule has 0 aromatic heterocycles. The zero-order valence-corrected chi connectivity index (χ0v) is 16.4. The first kappa shape index (κ1) is 23.4. The van der Waals surface area contributed by atoms with Gasteiger partial charge < -0.3 is 10.6 Å². The lowest BCUT2D eigenvalue weighted by molar-refractivity contribution is -0.137. The summed E-state index contributed by atoms with van der Waals surface area (Å²) in [6, 6.07) is 13.5. The minimum Gasteiger partial charge on any atom is -0.399 e. The van der Waals surface area contributed by atoms with Gasteiger partial charge >= 0.3 is 6.18 Å². The van der Waals surface area contributed by atoms with Crippen LogP contribution in [-0.4, -0.2) is 37.6 Å². The molecule has 1 saturated heterocycles. The molecule has 2 aromatic rings. The molecule has 0 aliphatic carbocycles. The van der Waals surface area contributed by atoms with E-state index in [2.05, 4.69) is 4.90 Å². The third-order valence-electron chi connectivity index (χ3n) is 4.61. The fraction of sp³-hybridized carbons (Fsp3) is 0.368. The van der Waals surface area contributed by atoms with Gasteiger partial charge in [-0.25, -0.2) is 0 Å². The van der Waals surface area contributed by atoms with Crippen molar-refractivity contribution in [1.82, 2.24) is 4.90 Å². The molecule has 1 aliphatic heterocycles.